The van der Waals surface area contributed by atoms with Crippen molar-refractivity contribution >= 4 is 23.4 Å². The predicted molar refractivity (Wildman–Crippen MR) is 64.5 cm³/mol. The summed E-state index contributed by atoms with van der Waals surface area (Å²) in [7, 11) is 0. The number of H-pyrrole nitrogens is 1. The van der Waals surface area contributed by atoms with Crippen LogP contribution in [0.5, 0.6) is 0 Å². The number of carboxylic acid groups (broad SMARTS) is 1. The Morgan fingerprint density at radius 1 is 1.20 bits per heavy atom. The molecule has 7 nitrogen and oxygen atoms in total. The van der Waals surface area contributed by atoms with Crippen molar-refractivity contribution in [3.8, 4) is 0 Å². The lowest BCUT2D eigenvalue weighted by molar-refractivity contribution is 0.0692. The first kappa shape index (κ1) is 13.5. The van der Waals surface area contributed by atoms with Crippen molar-refractivity contribution in [2.75, 3.05) is 10.6 Å². The molecule has 0 aliphatic rings. The number of carboxylic acids is 1. The number of hydrogen-bond donors (Lipinski definition) is 4. The molecule has 0 fully saturated rings. The van der Waals surface area contributed by atoms with E-state index in [0.717, 1.165) is 0 Å². The van der Waals surface area contributed by atoms with Gasteiger partial charge in [-0.15, -0.1) is 0 Å². The number of amides is 2. The SMILES string of the molecule is O=C(Nc1cn[nH]c1)Nc1cc(C(=O)O)c(F)cc1F. The van der Waals surface area contributed by atoms with Crippen molar-refractivity contribution in [3.63, 3.8) is 0 Å². The highest BCUT2D eigenvalue weighted by Gasteiger charge is 2.16. The monoisotopic (exact) mass is 282 g/mol. The fraction of sp³-hybridized carbons (Fsp3) is 0. The number of benzene rings is 1. The minimum absolute atomic E-state index is 0.323. The minimum atomic E-state index is -1.57. The van der Waals surface area contributed by atoms with Gasteiger partial charge in [0, 0.05) is 12.3 Å². The number of nitrogens with one attached hydrogen (secondary N) is 3. The molecule has 4 N–H and O–H groups in total. The maximum atomic E-state index is 13.4. The molecule has 1 aromatic carbocycles. The van der Waals surface area contributed by atoms with Crippen molar-refractivity contribution in [3.05, 3.63) is 41.7 Å². The average Bonchev–Trinajstić information content (AvgIpc) is 2.84. The zero-order valence-corrected chi connectivity index (χ0v) is 9.78. The molecule has 2 rings (SSSR count). The molecular formula is C11H8F2N4O3. The third-order valence-corrected chi connectivity index (χ3v) is 2.29. The van der Waals surface area contributed by atoms with E-state index in [4.69, 9.17) is 5.11 Å². The Hall–Kier alpha value is -2.97. The van der Waals surface area contributed by atoms with Gasteiger partial charge in [-0.1, -0.05) is 0 Å². The zero-order valence-electron chi connectivity index (χ0n) is 9.78. The van der Waals surface area contributed by atoms with Crippen molar-refractivity contribution in [2.24, 2.45) is 0 Å². The standard InChI is InChI=1S/C11H8F2N4O3/c12-7-2-8(13)9(1-6(7)10(18)19)17-11(20)16-5-3-14-15-4-5/h1-4H,(H,14,15)(H,18,19)(H2,16,17,20). The second-order valence-electron chi connectivity index (χ2n) is 3.68. The van der Waals surface area contributed by atoms with E-state index in [-0.39, 0.29) is 0 Å². The van der Waals surface area contributed by atoms with Crippen molar-refractivity contribution in [1.29, 1.82) is 0 Å². The maximum absolute atomic E-state index is 13.4. The Kier molecular flexibility index (Phi) is 3.60. The maximum Gasteiger partial charge on any atom is 0.338 e. The molecular weight excluding hydrogens is 274 g/mol. The molecule has 0 aliphatic carbocycles. The number of nitrogens with zero attached hydrogens (tertiary/aromatic N) is 1. The normalized spacial score (nSPS) is 10.1. The van der Waals surface area contributed by atoms with Crippen LogP contribution >= 0.6 is 0 Å². The lowest BCUT2D eigenvalue weighted by Crippen LogP contribution is -2.20. The molecule has 2 amide bonds. The Labute approximate surface area is 110 Å². The first-order chi connectivity index (χ1) is 9.47. The molecule has 104 valence electrons. The van der Waals surface area contributed by atoms with Crippen LogP contribution in [0.3, 0.4) is 0 Å². The highest BCUT2D eigenvalue weighted by atomic mass is 19.1. The predicted octanol–water partition coefficient (Wildman–Crippen LogP) is 2.03. The summed E-state index contributed by atoms with van der Waals surface area (Å²) in [5.74, 6) is -3.88. The van der Waals surface area contributed by atoms with Crippen LogP contribution in [0.25, 0.3) is 0 Å². The molecule has 1 heterocycles. The van der Waals surface area contributed by atoms with Gasteiger partial charge >= 0.3 is 12.0 Å². The van der Waals surface area contributed by atoms with E-state index in [2.05, 4.69) is 20.8 Å². The van der Waals surface area contributed by atoms with Crippen molar-refractivity contribution in [1.82, 2.24) is 10.2 Å². The second-order valence-corrected chi connectivity index (χ2v) is 3.68. The van der Waals surface area contributed by atoms with Gasteiger partial charge in [0.25, 0.3) is 0 Å². The van der Waals surface area contributed by atoms with E-state index < -0.39 is 34.9 Å². The summed E-state index contributed by atoms with van der Waals surface area (Å²) in [6.07, 6.45) is 2.69. The second kappa shape index (κ2) is 5.34. The molecule has 0 aliphatic heterocycles. The highest BCUT2D eigenvalue weighted by molar-refractivity contribution is 6.00. The first-order valence-electron chi connectivity index (χ1n) is 5.26. The zero-order chi connectivity index (χ0) is 14.7. The summed E-state index contributed by atoms with van der Waals surface area (Å²) in [4.78, 5) is 22.3. The van der Waals surface area contributed by atoms with Gasteiger partial charge in [-0.05, 0) is 6.07 Å². The molecule has 0 unspecified atom stereocenters. The number of aromatic amines is 1. The van der Waals surface area contributed by atoms with E-state index in [1.165, 1.54) is 12.4 Å². The summed E-state index contributed by atoms with van der Waals surface area (Å²) in [6, 6.07) is 0.257. The van der Waals surface area contributed by atoms with Crippen molar-refractivity contribution in [2.45, 2.75) is 0 Å². The van der Waals surface area contributed by atoms with Crippen LogP contribution in [-0.2, 0) is 0 Å². The third-order valence-electron chi connectivity index (χ3n) is 2.29. The van der Waals surface area contributed by atoms with Gasteiger partial charge in [-0.25, -0.2) is 18.4 Å². The molecule has 0 saturated heterocycles. The topological polar surface area (TPSA) is 107 Å². The van der Waals surface area contributed by atoms with Gasteiger partial charge in [0.2, 0.25) is 0 Å². The Morgan fingerprint density at radius 3 is 2.55 bits per heavy atom. The number of urea groups is 1. The third kappa shape index (κ3) is 2.88. The Morgan fingerprint density at radius 2 is 1.95 bits per heavy atom. The van der Waals surface area contributed by atoms with Gasteiger partial charge < -0.3 is 15.7 Å². The quantitative estimate of drug-likeness (QED) is 0.690. The van der Waals surface area contributed by atoms with Crippen LogP contribution in [0.1, 0.15) is 10.4 Å². The molecule has 0 saturated carbocycles. The minimum Gasteiger partial charge on any atom is -0.478 e. The van der Waals surface area contributed by atoms with Crippen LogP contribution in [0, 0.1) is 11.6 Å². The number of aromatic nitrogens is 2. The molecule has 20 heavy (non-hydrogen) atoms. The van der Waals surface area contributed by atoms with Crippen molar-refractivity contribution < 1.29 is 23.5 Å². The molecule has 0 atom stereocenters. The highest BCUT2D eigenvalue weighted by Crippen LogP contribution is 2.20. The fourth-order valence-electron chi connectivity index (χ4n) is 1.41. The van der Waals surface area contributed by atoms with Gasteiger partial charge in [0.1, 0.15) is 11.6 Å². The number of hydrogen-bond acceptors (Lipinski definition) is 3. The molecule has 1 aromatic heterocycles. The Bertz CT molecular complexity index is 658. The van der Waals surface area contributed by atoms with Crippen LogP contribution in [0.15, 0.2) is 24.5 Å². The van der Waals surface area contributed by atoms with E-state index in [0.29, 0.717) is 17.8 Å². The number of rotatable bonds is 3. The van der Waals surface area contributed by atoms with Gasteiger partial charge in [0.05, 0.1) is 23.1 Å². The summed E-state index contributed by atoms with van der Waals surface area (Å²) in [5, 5.41) is 19.1. The van der Waals surface area contributed by atoms with Crippen LogP contribution in [0.2, 0.25) is 0 Å². The lowest BCUT2D eigenvalue weighted by Gasteiger charge is -2.08. The Balaban J connectivity index is 2.18. The van der Waals surface area contributed by atoms with E-state index in [9.17, 15) is 18.4 Å². The van der Waals surface area contributed by atoms with Gasteiger partial charge in [-0.3, -0.25) is 5.10 Å². The molecule has 9 heteroatoms. The number of carbonyl (C=O) groups is 2. The lowest BCUT2D eigenvalue weighted by atomic mass is 10.2. The van der Waals surface area contributed by atoms with Crippen LogP contribution in [0.4, 0.5) is 25.0 Å². The summed E-state index contributed by atoms with van der Waals surface area (Å²) >= 11 is 0. The van der Waals surface area contributed by atoms with Gasteiger partial charge in [0.15, 0.2) is 0 Å². The number of anilines is 2. The average molecular weight is 282 g/mol. The number of halogens is 2. The molecule has 0 bridgehead atoms. The fourth-order valence-corrected chi connectivity index (χ4v) is 1.41. The molecule has 2 aromatic rings. The first-order valence-corrected chi connectivity index (χ1v) is 5.26. The van der Waals surface area contributed by atoms with Gasteiger partial charge in [-0.2, -0.15) is 5.10 Å². The summed E-state index contributed by atoms with van der Waals surface area (Å²) < 4.78 is 26.6. The number of aromatic carboxylic acids is 1. The van der Waals surface area contributed by atoms with E-state index >= 15 is 0 Å². The van der Waals surface area contributed by atoms with E-state index in [1.807, 2.05) is 0 Å². The number of carbonyl (C=O) groups excluding carboxylic acids is 1. The molecule has 0 radical (unpaired) electrons. The van der Waals surface area contributed by atoms with Crippen LogP contribution < -0.4 is 10.6 Å². The summed E-state index contributed by atoms with van der Waals surface area (Å²) in [6.45, 7) is 0. The summed E-state index contributed by atoms with van der Waals surface area (Å²) in [5.41, 5.74) is -0.877. The van der Waals surface area contributed by atoms with E-state index in [1.54, 1.807) is 0 Å². The smallest absolute Gasteiger partial charge is 0.338 e. The van der Waals surface area contributed by atoms with Crippen LogP contribution in [-0.4, -0.2) is 27.3 Å². The largest absolute Gasteiger partial charge is 0.478 e. The molecule has 0 spiro atoms.